The lowest BCUT2D eigenvalue weighted by molar-refractivity contribution is 0.0526. The predicted molar refractivity (Wildman–Crippen MR) is 120 cm³/mol. The van der Waals surface area contributed by atoms with Gasteiger partial charge < -0.3 is 19.6 Å². The Balaban J connectivity index is 1.57. The number of rotatable bonds is 6. The SMILES string of the molecule is CC(C)(C)OC(=O)NCCCCn1c2ccccc2c2ccc3c(C=O)c[nH]c3c21. The fraction of sp³-hybridized carbons (Fsp3) is 0.333. The molecule has 2 aromatic heterocycles. The molecule has 6 nitrogen and oxygen atoms in total. The maximum absolute atomic E-state index is 11.8. The van der Waals surface area contributed by atoms with Crippen LogP contribution in [-0.2, 0) is 11.3 Å². The monoisotopic (exact) mass is 405 g/mol. The molecule has 0 aliphatic heterocycles. The van der Waals surface area contributed by atoms with Crippen molar-refractivity contribution in [1.82, 2.24) is 14.9 Å². The molecule has 0 aliphatic rings. The molecule has 4 rings (SSSR count). The Morgan fingerprint density at radius 3 is 2.63 bits per heavy atom. The van der Waals surface area contributed by atoms with E-state index in [-0.39, 0.29) is 6.09 Å². The van der Waals surface area contributed by atoms with Gasteiger partial charge in [-0.3, -0.25) is 4.79 Å². The van der Waals surface area contributed by atoms with Gasteiger partial charge in [0.1, 0.15) is 5.60 Å². The van der Waals surface area contributed by atoms with Crippen LogP contribution in [0.15, 0.2) is 42.6 Å². The number of nitrogens with one attached hydrogen (secondary N) is 2. The molecule has 0 unspecified atom stereocenters. The molecule has 0 fully saturated rings. The minimum absolute atomic E-state index is 0.381. The van der Waals surface area contributed by atoms with Gasteiger partial charge in [0.2, 0.25) is 0 Å². The Bertz CT molecular complexity index is 1230. The van der Waals surface area contributed by atoms with Crippen molar-refractivity contribution in [2.75, 3.05) is 6.54 Å². The van der Waals surface area contributed by atoms with E-state index < -0.39 is 5.60 Å². The number of carbonyl (C=O) groups excluding carboxylic acids is 2. The second-order valence-corrected chi connectivity index (χ2v) is 8.55. The summed E-state index contributed by atoms with van der Waals surface area (Å²) in [6, 6.07) is 12.5. The molecular formula is C24H27N3O3. The maximum Gasteiger partial charge on any atom is 0.407 e. The number of nitrogens with zero attached hydrogens (tertiary/aromatic N) is 1. The molecular weight excluding hydrogens is 378 g/mol. The zero-order valence-corrected chi connectivity index (χ0v) is 17.6. The van der Waals surface area contributed by atoms with Crippen molar-refractivity contribution in [3.63, 3.8) is 0 Å². The summed E-state index contributed by atoms with van der Waals surface area (Å²) in [5.74, 6) is 0. The smallest absolute Gasteiger partial charge is 0.407 e. The molecule has 2 aromatic carbocycles. The van der Waals surface area contributed by atoms with E-state index in [1.54, 1.807) is 6.20 Å². The molecule has 0 saturated carbocycles. The molecule has 0 atom stereocenters. The molecule has 156 valence electrons. The lowest BCUT2D eigenvalue weighted by Crippen LogP contribution is -2.33. The maximum atomic E-state index is 11.8. The number of H-pyrrole nitrogens is 1. The normalized spacial score (nSPS) is 12.0. The largest absolute Gasteiger partial charge is 0.444 e. The number of ether oxygens (including phenoxy) is 1. The van der Waals surface area contributed by atoms with Crippen molar-refractivity contribution in [2.45, 2.75) is 45.8 Å². The quantitative estimate of drug-likeness (QED) is 0.333. The Morgan fingerprint density at radius 1 is 1.10 bits per heavy atom. The first kappa shape index (κ1) is 20.0. The van der Waals surface area contributed by atoms with Crippen molar-refractivity contribution in [3.05, 3.63) is 48.2 Å². The van der Waals surface area contributed by atoms with E-state index in [1.807, 2.05) is 39.0 Å². The summed E-state index contributed by atoms with van der Waals surface area (Å²) < 4.78 is 7.59. The molecule has 2 heterocycles. The fourth-order valence-electron chi connectivity index (χ4n) is 3.99. The van der Waals surface area contributed by atoms with Gasteiger partial charge in [-0.25, -0.2) is 4.79 Å². The van der Waals surface area contributed by atoms with E-state index in [9.17, 15) is 9.59 Å². The number of carbonyl (C=O) groups is 2. The van der Waals surface area contributed by atoms with E-state index in [1.165, 1.54) is 16.3 Å². The van der Waals surface area contributed by atoms with Crippen LogP contribution in [0, 0.1) is 0 Å². The molecule has 4 aromatic rings. The van der Waals surface area contributed by atoms with Crippen LogP contribution in [0.5, 0.6) is 0 Å². The highest BCUT2D eigenvalue weighted by Gasteiger charge is 2.17. The third kappa shape index (κ3) is 3.77. The van der Waals surface area contributed by atoms with Crippen LogP contribution in [0.2, 0.25) is 0 Å². The first-order chi connectivity index (χ1) is 14.4. The molecule has 0 radical (unpaired) electrons. The first-order valence-electron chi connectivity index (χ1n) is 10.3. The summed E-state index contributed by atoms with van der Waals surface area (Å²) >= 11 is 0. The number of hydrogen-bond acceptors (Lipinski definition) is 3. The third-order valence-electron chi connectivity index (χ3n) is 5.22. The van der Waals surface area contributed by atoms with Crippen molar-refractivity contribution in [1.29, 1.82) is 0 Å². The molecule has 6 heteroatoms. The summed E-state index contributed by atoms with van der Waals surface area (Å²) in [7, 11) is 0. The molecule has 0 bridgehead atoms. The highest BCUT2D eigenvalue weighted by molar-refractivity contribution is 6.18. The highest BCUT2D eigenvalue weighted by Crippen LogP contribution is 2.34. The van der Waals surface area contributed by atoms with Crippen molar-refractivity contribution in [2.24, 2.45) is 0 Å². The second kappa shape index (κ2) is 7.86. The average Bonchev–Trinajstić information content (AvgIpc) is 3.25. The molecule has 2 N–H and O–H groups in total. The number of aromatic amines is 1. The zero-order chi connectivity index (χ0) is 21.3. The Hall–Kier alpha value is -3.28. The van der Waals surface area contributed by atoms with Crippen LogP contribution in [0.3, 0.4) is 0 Å². The van der Waals surface area contributed by atoms with E-state index in [2.05, 4.69) is 33.1 Å². The average molecular weight is 405 g/mol. The molecule has 0 spiro atoms. The van der Waals surface area contributed by atoms with Crippen LogP contribution in [-0.4, -0.2) is 34.1 Å². The second-order valence-electron chi connectivity index (χ2n) is 8.55. The van der Waals surface area contributed by atoms with Crippen molar-refractivity contribution >= 4 is 45.1 Å². The number of amides is 1. The number of alkyl carbamates (subject to hydrolysis) is 1. The lowest BCUT2D eigenvalue weighted by Gasteiger charge is -2.19. The number of hydrogen-bond donors (Lipinski definition) is 2. The van der Waals surface area contributed by atoms with E-state index in [0.29, 0.717) is 12.1 Å². The van der Waals surface area contributed by atoms with Gasteiger partial charge in [0.05, 0.1) is 11.0 Å². The summed E-state index contributed by atoms with van der Waals surface area (Å²) in [5.41, 5.74) is 3.45. The van der Waals surface area contributed by atoms with E-state index in [0.717, 1.165) is 42.1 Å². The van der Waals surface area contributed by atoms with E-state index in [4.69, 9.17) is 4.74 Å². The number of aldehydes is 1. The van der Waals surface area contributed by atoms with Crippen molar-refractivity contribution in [3.8, 4) is 0 Å². The molecule has 0 aliphatic carbocycles. The lowest BCUT2D eigenvalue weighted by atomic mass is 10.1. The van der Waals surface area contributed by atoms with Gasteiger partial charge in [-0.05, 0) is 39.7 Å². The van der Waals surface area contributed by atoms with Gasteiger partial charge in [-0.1, -0.05) is 30.3 Å². The van der Waals surface area contributed by atoms with E-state index >= 15 is 0 Å². The van der Waals surface area contributed by atoms with Gasteiger partial charge in [0, 0.05) is 46.5 Å². The number of benzene rings is 2. The number of fused-ring (bicyclic) bond motifs is 5. The van der Waals surface area contributed by atoms with Crippen molar-refractivity contribution < 1.29 is 14.3 Å². The van der Waals surface area contributed by atoms with Gasteiger partial charge in [-0.2, -0.15) is 0 Å². The summed E-state index contributed by atoms with van der Waals surface area (Å²) in [5, 5.41) is 6.13. The Labute approximate surface area is 175 Å². The third-order valence-corrected chi connectivity index (χ3v) is 5.22. The summed E-state index contributed by atoms with van der Waals surface area (Å²) in [6.07, 6.45) is 4.02. The van der Waals surface area contributed by atoms with Crippen LogP contribution in [0.1, 0.15) is 44.0 Å². The number of aromatic nitrogens is 2. The summed E-state index contributed by atoms with van der Waals surface area (Å²) in [4.78, 5) is 26.5. The van der Waals surface area contributed by atoms with Gasteiger partial charge in [0.15, 0.2) is 6.29 Å². The number of para-hydroxylation sites is 1. The highest BCUT2D eigenvalue weighted by atomic mass is 16.6. The summed E-state index contributed by atoms with van der Waals surface area (Å²) in [6.45, 7) is 6.94. The number of unbranched alkanes of at least 4 members (excludes halogenated alkanes) is 1. The minimum atomic E-state index is -0.491. The standard InChI is InChI=1S/C24H27N3O3/c1-24(2,3)30-23(29)25-12-6-7-13-27-20-9-5-4-8-18(20)19-11-10-17-16(15-28)14-26-21(17)22(19)27/h4-5,8-11,14-15,26H,6-7,12-13H2,1-3H3,(H,25,29). The zero-order valence-electron chi connectivity index (χ0n) is 17.6. The van der Waals surface area contributed by atoms with Crippen LogP contribution >= 0.6 is 0 Å². The van der Waals surface area contributed by atoms with Gasteiger partial charge in [0.25, 0.3) is 0 Å². The van der Waals surface area contributed by atoms with Crippen LogP contribution in [0.4, 0.5) is 4.79 Å². The minimum Gasteiger partial charge on any atom is -0.444 e. The number of aryl methyl sites for hydroxylation is 1. The Kier molecular flexibility index (Phi) is 5.24. The Morgan fingerprint density at radius 2 is 1.87 bits per heavy atom. The predicted octanol–water partition coefficient (Wildman–Crippen LogP) is 5.39. The van der Waals surface area contributed by atoms with Crippen LogP contribution in [0.25, 0.3) is 32.7 Å². The molecule has 1 amide bonds. The topological polar surface area (TPSA) is 76.1 Å². The fourth-order valence-corrected chi connectivity index (χ4v) is 3.99. The molecule has 30 heavy (non-hydrogen) atoms. The van der Waals surface area contributed by atoms with Crippen LogP contribution < -0.4 is 5.32 Å². The van der Waals surface area contributed by atoms with Gasteiger partial charge in [-0.15, -0.1) is 0 Å². The first-order valence-corrected chi connectivity index (χ1v) is 10.3. The van der Waals surface area contributed by atoms with Gasteiger partial charge >= 0.3 is 6.09 Å². The molecule has 0 saturated heterocycles.